The third-order valence-electron chi connectivity index (χ3n) is 3.08. The van der Waals surface area contributed by atoms with Gasteiger partial charge in [-0.1, -0.05) is 18.1 Å². The molecule has 1 aliphatic heterocycles. The summed E-state index contributed by atoms with van der Waals surface area (Å²) in [6.45, 7) is 4.59. The van der Waals surface area contributed by atoms with Crippen LogP contribution in [0.25, 0.3) is 0 Å². The van der Waals surface area contributed by atoms with Crippen molar-refractivity contribution in [3.63, 3.8) is 0 Å². The molecule has 1 fully saturated rings. The molecule has 108 valence electrons. The van der Waals surface area contributed by atoms with Gasteiger partial charge < -0.3 is 0 Å². The number of piperidine rings is 1. The van der Waals surface area contributed by atoms with Gasteiger partial charge in [0, 0.05) is 5.92 Å². The number of alkyl halides is 3. The first-order valence-corrected chi connectivity index (χ1v) is 7.41. The van der Waals surface area contributed by atoms with E-state index in [1.54, 1.807) is 6.92 Å². The van der Waals surface area contributed by atoms with E-state index in [0.717, 1.165) is 6.42 Å². The average molecular weight is 290 g/mol. The maximum atomic E-state index is 12.4. The van der Waals surface area contributed by atoms with E-state index in [4.69, 9.17) is 0 Å². The number of rotatable bonds is 4. The van der Waals surface area contributed by atoms with Gasteiger partial charge in [-0.25, -0.2) is 0 Å². The Morgan fingerprint density at radius 3 is 2.44 bits per heavy atom. The molecular weight excluding hydrogens is 271 g/mol. The van der Waals surface area contributed by atoms with Crippen LogP contribution in [0.1, 0.15) is 33.1 Å². The predicted octanol–water partition coefficient (Wildman–Crippen LogP) is 2.42. The largest absolute Gasteiger partial charge is 0.528 e. The fraction of sp³-hybridized carbons (Fsp3) is 1.00. The summed E-state index contributed by atoms with van der Waals surface area (Å²) in [6, 6.07) is 0. The smallest absolute Gasteiger partial charge is 0.185 e. The van der Waals surface area contributed by atoms with Crippen molar-refractivity contribution >= 4 is 10.1 Å². The lowest BCUT2D eigenvalue weighted by atomic mass is 10.00. The fourth-order valence-electron chi connectivity index (χ4n) is 2.44. The van der Waals surface area contributed by atoms with Crippen LogP contribution < -0.4 is 0 Å². The Labute approximate surface area is 105 Å². The molecule has 1 aliphatic rings. The molecule has 0 amide bonds. The monoisotopic (exact) mass is 290 g/mol. The van der Waals surface area contributed by atoms with Crippen LogP contribution in [0.3, 0.4) is 0 Å². The van der Waals surface area contributed by atoms with Gasteiger partial charge in [-0.2, -0.15) is 26.2 Å². The molecule has 0 aliphatic carbocycles. The summed E-state index contributed by atoms with van der Waals surface area (Å²) in [7, 11) is -5.53. The van der Waals surface area contributed by atoms with Crippen LogP contribution in [-0.2, 0) is 14.4 Å². The molecule has 0 bridgehead atoms. The lowest BCUT2D eigenvalue weighted by Crippen LogP contribution is -2.56. The number of likely N-dealkylation sites (tertiary alicyclic amines) is 1. The molecule has 0 aromatic heterocycles. The van der Waals surface area contributed by atoms with Crippen molar-refractivity contribution in [3.05, 3.63) is 0 Å². The first-order chi connectivity index (χ1) is 8.12. The van der Waals surface area contributed by atoms with Gasteiger partial charge in [0.25, 0.3) is 0 Å². The minimum Gasteiger partial charge on any atom is -0.185 e. The lowest BCUT2D eigenvalue weighted by molar-refractivity contribution is -1.09. The molecule has 1 heterocycles. The highest BCUT2D eigenvalue weighted by Crippen LogP contribution is 2.32. The Morgan fingerprint density at radius 2 is 2.00 bits per heavy atom. The van der Waals surface area contributed by atoms with Crippen molar-refractivity contribution in [3.8, 4) is 0 Å². The highest BCUT2D eigenvalue weighted by atomic mass is 32.2. The van der Waals surface area contributed by atoms with Gasteiger partial charge in [0.15, 0.2) is 0 Å². The second kappa shape index (κ2) is 5.34. The quantitative estimate of drug-likeness (QED) is 0.590. The van der Waals surface area contributed by atoms with E-state index in [2.05, 4.69) is 4.28 Å². The molecule has 2 atom stereocenters. The first-order valence-electron chi connectivity index (χ1n) is 6.00. The molecule has 0 radical (unpaired) electrons. The van der Waals surface area contributed by atoms with Crippen molar-refractivity contribution in [2.45, 2.75) is 38.6 Å². The number of hydrogen-bond donors (Lipinski definition) is 0. The molecule has 1 saturated heterocycles. The number of halogens is 3. The molecule has 4 nitrogen and oxygen atoms in total. The summed E-state index contributed by atoms with van der Waals surface area (Å²) in [5.41, 5.74) is -5.35. The van der Waals surface area contributed by atoms with E-state index >= 15 is 0 Å². The molecule has 8 heteroatoms. The fourth-order valence-corrected chi connectivity index (χ4v) is 3.16. The Kier molecular flexibility index (Phi) is 4.66. The zero-order chi connectivity index (χ0) is 14.0. The van der Waals surface area contributed by atoms with Crippen LogP contribution in [0.4, 0.5) is 13.2 Å². The van der Waals surface area contributed by atoms with Gasteiger partial charge >= 0.3 is 15.6 Å². The topological polar surface area (TPSA) is 43.4 Å². The highest BCUT2D eigenvalue weighted by Gasteiger charge is 2.54. The van der Waals surface area contributed by atoms with Crippen molar-refractivity contribution in [1.29, 1.82) is 0 Å². The number of nitrogens with zero attached hydrogens (tertiary/aromatic N) is 1. The Balaban J connectivity index is 2.93. The van der Waals surface area contributed by atoms with E-state index in [-0.39, 0.29) is 12.5 Å². The van der Waals surface area contributed by atoms with E-state index in [9.17, 15) is 21.6 Å². The van der Waals surface area contributed by atoms with Crippen molar-refractivity contribution in [2.75, 3.05) is 19.6 Å². The third-order valence-corrected chi connectivity index (χ3v) is 4.16. The molecule has 0 spiro atoms. The maximum absolute atomic E-state index is 12.4. The van der Waals surface area contributed by atoms with Crippen LogP contribution in [-0.4, -0.2) is 38.2 Å². The summed E-state index contributed by atoms with van der Waals surface area (Å²) >= 11 is 0. The summed E-state index contributed by atoms with van der Waals surface area (Å²) < 4.78 is 63.5. The van der Waals surface area contributed by atoms with Crippen molar-refractivity contribution in [2.24, 2.45) is 5.92 Å². The van der Waals surface area contributed by atoms with Crippen LogP contribution >= 0.6 is 0 Å². The first kappa shape index (κ1) is 15.7. The van der Waals surface area contributed by atoms with E-state index in [0.29, 0.717) is 25.9 Å². The average Bonchev–Trinajstić information content (AvgIpc) is 2.14. The molecular formula is C10H19F3NO3S+. The molecule has 18 heavy (non-hydrogen) atoms. The van der Waals surface area contributed by atoms with Crippen LogP contribution in [0.5, 0.6) is 0 Å². The van der Waals surface area contributed by atoms with Crippen molar-refractivity contribution in [1.82, 2.24) is 0 Å². The van der Waals surface area contributed by atoms with E-state index in [1.807, 2.05) is 6.92 Å². The van der Waals surface area contributed by atoms with E-state index < -0.39 is 20.3 Å². The second-order valence-electron chi connectivity index (χ2n) is 4.91. The Bertz CT molecular complexity index is 378. The van der Waals surface area contributed by atoms with Crippen molar-refractivity contribution < 1.29 is 30.5 Å². The minimum absolute atomic E-state index is 0.161. The zero-order valence-corrected chi connectivity index (χ0v) is 11.4. The van der Waals surface area contributed by atoms with Gasteiger partial charge in [0.2, 0.25) is 0 Å². The Hall–Kier alpha value is -0.340. The molecule has 2 unspecified atom stereocenters. The number of quaternary nitrogens is 1. The normalized spacial score (nSPS) is 30.4. The molecule has 0 N–H and O–H groups in total. The standard InChI is InChI=1S/C10H19F3NO3S/c1-3-6-14(7-4-5-9(2)8-14)17-18(15,16)10(11,12)13/h9H,3-8H2,1-2H3/q+1. The number of hydrogen-bond acceptors (Lipinski definition) is 3. The molecule has 0 aromatic carbocycles. The van der Waals surface area contributed by atoms with Crippen LogP contribution in [0, 0.1) is 5.92 Å². The summed E-state index contributed by atoms with van der Waals surface area (Å²) in [4.78, 5) is 0. The van der Waals surface area contributed by atoms with Gasteiger partial charge in [-0.15, -0.1) is 0 Å². The van der Waals surface area contributed by atoms with Gasteiger partial charge in [0.05, 0.1) is 0 Å². The zero-order valence-electron chi connectivity index (χ0n) is 10.5. The molecule has 1 rings (SSSR count). The second-order valence-corrected chi connectivity index (χ2v) is 6.43. The minimum atomic E-state index is -5.53. The number of hydroxylamine groups is 3. The summed E-state index contributed by atoms with van der Waals surface area (Å²) in [6.07, 6.45) is 2.13. The lowest BCUT2D eigenvalue weighted by Gasteiger charge is -2.39. The van der Waals surface area contributed by atoms with E-state index in [1.165, 1.54) is 0 Å². The summed E-state index contributed by atoms with van der Waals surface area (Å²) in [5.74, 6) is 0.161. The van der Waals surface area contributed by atoms with Crippen LogP contribution in [0.15, 0.2) is 0 Å². The van der Waals surface area contributed by atoms with Crippen LogP contribution in [0.2, 0.25) is 0 Å². The molecule has 0 aromatic rings. The third kappa shape index (κ3) is 3.58. The predicted molar refractivity (Wildman–Crippen MR) is 59.6 cm³/mol. The molecule has 0 saturated carbocycles. The Morgan fingerprint density at radius 1 is 1.39 bits per heavy atom. The SMILES string of the molecule is CCC[N+]1(OS(=O)(=O)C(F)(F)F)CCCC(C)C1. The maximum Gasteiger partial charge on any atom is 0.528 e. The summed E-state index contributed by atoms with van der Waals surface area (Å²) in [5, 5.41) is 0. The van der Waals surface area contributed by atoms with Gasteiger partial charge in [-0.05, 0) is 19.3 Å². The van der Waals surface area contributed by atoms with Gasteiger partial charge in [0.1, 0.15) is 19.6 Å². The van der Waals surface area contributed by atoms with Gasteiger partial charge in [-0.3, -0.25) is 0 Å². The highest BCUT2D eigenvalue weighted by molar-refractivity contribution is 7.87.